The van der Waals surface area contributed by atoms with Crippen LogP contribution in [0.25, 0.3) is 6.08 Å². The SMILES string of the molecule is Cc1ccc(CN(C)C(=O)/C=C/c2cccc(Br)c2)cc1. The van der Waals surface area contributed by atoms with Gasteiger partial charge in [0.1, 0.15) is 0 Å². The first-order valence-electron chi connectivity index (χ1n) is 6.79. The Morgan fingerprint density at radius 1 is 1.19 bits per heavy atom. The smallest absolute Gasteiger partial charge is 0.246 e. The van der Waals surface area contributed by atoms with Gasteiger partial charge in [0.15, 0.2) is 0 Å². The van der Waals surface area contributed by atoms with Gasteiger partial charge in [-0.3, -0.25) is 4.79 Å². The van der Waals surface area contributed by atoms with Crippen LogP contribution in [0.3, 0.4) is 0 Å². The van der Waals surface area contributed by atoms with E-state index in [9.17, 15) is 4.79 Å². The number of carbonyl (C=O) groups is 1. The lowest BCUT2D eigenvalue weighted by atomic mass is 10.1. The molecular formula is C18H18BrNO. The molecule has 0 heterocycles. The van der Waals surface area contributed by atoms with Gasteiger partial charge in [-0.2, -0.15) is 0 Å². The predicted octanol–water partition coefficient (Wildman–Crippen LogP) is 4.43. The summed E-state index contributed by atoms with van der Waals surface area (Å²) in [5.74, 6) is -0.00412. The van der Waals surface area contributed by atoms with Crippen molar-refractivity contribution in [2.24, 2.45) is 0 Å². The van der Waals surface area contributed by atoms with Crippen molar-refractivity contribution in [2.45, 2.75) is 13.5 Å². The van der Waals surface area contributed by atoms with Gasteiger partial charge in [0.05, 0.1) is 0 Å². The molecule has 0 saturated carbocycles. The molecule has 0 aliphatic carbocycles. The Bertz CT molecular complexity index is 647. The fourth-order valence-electron chi connectivity index (χ4n) is 1.95. The number of benzene rings is 2. The van der Waals surface area contributed by atoms with Crippen molar-refractivity contribution in [1.29, 1.82) is 0 Å². The number of hydrogen-bond acceptors (Lipinski definition) is 1. The van der Waals surface area contributed by atoms with E-state index in [4.69, 9.17) is 0 Å². The summed E-state index contributed by atoms with van der Waals surface area (Å²) in [7, 11) is 1.81. The molecule has 0 atom stereocenters. The van der Waals surface area contributed by atoms with E-state index in [1.807, 2.05) is 37.4 Å². The van der Waals surface area contributed by atoms with Crippen molar-refractivity contribution in [2.75, 3.05) is 7.05 Å². The Morgan fingerprint density at radius 2 is 1.90 bits per heavy atom. The van der Waals surface area contributed by atoms with E-state index >= 15 is 0 Å². The second kappa shape index (κ2) is 7.23. The van der Waals surface area contributed by atoms with Crippen LogP contribution in [0.4, 0.5) is 0 Å². The summed E-state index contributed by atoms with van der Waals surface area (Å²) >= 11 is 3.42. The van der Waals surface area contributed by atoms with Gasteiger partial charge in [0, 0.05) is 24.1 Å². The highest BCUT2D eigenvalue weighted by Crippen LogP contribution is 2.13. The quantitative estimate of drug-likeness (QED) is 0.752. The van der Waals surface area contributed by atoms with Gasteiger partial charge in [-0.25, -0.2) is 0 Å². The maximum atomic E-state index is 12.1. The molecule has 21 heavy (non-hydrogen) atoms. The molecule has 0 N–H and O–H groups in total. The lowest BCUT2D eigenvalue weighted by molar-refractivity contribution is -0.125. The zero-order chi connectivity index (χ0) is 15.2. The Labute approximate surface area is 134 Å². The van der Waals surface area contributed by atoms with Crippen LogP contribution in [-0.4, -0.2) is 17.9 Å². The van der Waals surface area contributed by atoms with E-state index in [-0.39, 0.29) is 5.91 Å². The summed E-state index contributed by atoms with van der Waals surface area (Å²) in [5, 5.41) is 0. The monoisotopic (exact) mass is 343 g/mol. The molecular weight excluding hydrogens is 326 g/mol. The van der Waals surface area contributed by atoms with Gasteiger partial charge in [0.25, 0.3) is 0 Å². The second-order valence-electron chi connectivity index (χ2n) is 5.07. The van der Waals surface area contributed by atoms with Crippen LogP contribution in [0.2, 0.25) is 0 Å². The van der Waals surface area contributed by atoms with Crippen molar-refractivity contribution < 1.29 is 4.79 Å². The Balaban J connectivity index is 1.97. The third-order valence-corrected chi connectivity index (χ3v) is 3.68. The molecule has 0 fully saturated rings. The van der Waals surface area contributed by atoms with E-state index in [0.717, 1.165) is 15.6 Å². The maximum absolute atomic E-state index is 12.1. The molecule has 0 unspecified atom stereocenters. The largest absolute Gasteiger partial charge is 0.338 e. The summed E-state index contributed by atoms with van der Waals surface area (Å²) < 4.78 is 1.00. The second-order valence-corrected chi connectivity index (χ2v) is 5.98. The molecule has 2 aromatic rings. The van der Waals surface area contributed by atoms with Gasteiger partial charge in [-0.05, 0) is 36.3 Å². The molecule has 0 aromatic heterocycles. The highest BCUT2D eigenvalue weighted by atomic mass is 79.9. The van der Waals surface area contributed by atoms with E-state index in [1.165, 1.54) is 5.56 Å². The van der Waals surface area contributed by atoms with Gasteiger partial charge in [-0.1, -0.05) is 57.9 Å². The number of carbonyl (C=O) groups excluding carboxylic acids is 1. The lowest BCUT2D eigenvalue weighted by Crippen LogP contribution is -2.24. The molecule has 1 amide bonds. The molecule has 2 aromatic carbocycles. The molecule has 108 valence electrons. The van der Waals surface area contributed by atoms with Gasteiger partial charge in [0.2, 0.25) is 5.91 Å². The number of aryl methyl sites for hydroxylation is 1. The first-order valence-corrected chi connectivity index (χ1v) is 7.58. The van der Waals surface area contributed by atoms with E-state index < -0.39 is 0 Å². The zero-order valence-electron chi connectivity index (χ0n) is 12.2. The first kappa shape index (κ1) is 15.5. The third kappa shape index (κ3) is 4.87. The Hall–Kier alpha value is -1.87. The molecule has 0 aliphatic heterocycles. The first-order chi connectivity index (χ1) is 10.0. The fourth-order valence-corrected chi connectivity index (χ4v) is 2.37. The summed E-state index contributed by atoms with van der Waals surface area (Å²) in [4.78, 5) is 13.8. The van der Waals surface area contributed by atoms with Gasteiger partial charge in [-0.15, -0.1) is 0 Å². The van der Waals surface area contributed by atoms with Gasteiger partial charge >= 0.3 is 0 Å². The van der Waals surface area contributed by atoms with Crippen LogP contribution in [0, 0.1) is 6.92 Å². The molecule has 2 rings (SSSR count). The highest BCUT2D eigenvalue weighted by Gasteiger charge is 2.05. The Morgan fingerprint density at radius 3 is 2.57 bits per heavy atom. The van der Waals surface area contributed by atoms with Gasteiger partial charge < -0.3 is 4.90 Å². The van der Waals surface area contributed by atoms with Crippen molar-refractivity contribution in [3.05, 3.63) is 75.8 Å². The fraction of sp³-hybridized carbons (Fsp3) is 0.167. The highest BCUT2D eigenvalue weighted by molar-refractivity contribution is 9.10. The average molecular weight is 344 g/mol. The molecule has 0 bridgehead atoms. The number of rotatable bonds is 4. The predicted molar refractivity (Wildman–Crippen MR) is 90.8 cm³/mol. The minimum Gasteiger partial charge on any atom is -0.338 e. The van der Waals surface area contributed by atoms with Crippen molar-refractivity contribution >= 4 is 27.9 Å². The van der Waals surface area contributed by atoms with E-state index in [1.54, 1.807) is 11.0 Å². The normalized spacial score (nSPS) is 10.8. The van der Waals surface area contributed by atoms with Crippen LogP contribution in [0.1, 0.15) is 16.7 Å². The number of halogens is 1. The van der Waals surface area contributed by atoms with Crippen LogP contribution < -0.4 is 0 Å². The minimum atomic E-state index is -0.00412. The third-order valence-electron chi connectivity index (χ3n) is 3.18. The average Bonchev–Trinajstić information content (AvgIpc) is 2.47. The zero-order valence-corrected chi connectivity index (χ0v) is 13.8. The van der Waals surface area contributed by atoms with Crippen molar-refractivity contribution in [1.82, 2.24) is 4.90 Å². The van der Waals surface area contributed by atoms with Crippen LogP contribution in [0.15, 0.2) is 59.1 Å². The van der Waals surface area contributed by atoms with Crippen LogP contribution in [-0.2, 0) is 11.3 Å². The van der Waals surface area contributed by atoms with Crippen LogP contribution in [0.5, 0.6) is 0 Å². The topological polar surface area (TPSA) is 20.3 Å². The lowest BCUT2D eigenvalue weighted by Gasteiger charge is -2.15. The summed E-state index contributed by atoms with van der Waals surface area (Å²) in [5.41, 5.74) is 3.36. The Kier molecular flexibility index (Phi) is 5.34. The number of likely N-dealkylation sites (N-methyl/N-ethyl adjacent to an activating group) is 1. The number of hydrogen-bond donors (Lipinski definition) is 0. The minimum absolute atomic E-state index is 0.00412. The number of amides is 1. The molecule has 0 radical (unpaired) electrons. The number of nitrogens with zero attached hydrogens (tertiary/aromatic N) is 1. The maximum Gasteiger partial charge on any atom is 0.246 e. The summed E-state index contributed by atoms with van der Waals surface area (Å²) in [6.07, 6.45) is 3.44. The molecule has 0 aliphatic rings. The summed E-state index contributed by atoms with van der Waals surface area (Å²) in [6, 6.07) is 16.1. The van der Waals surface area contributed by atoms with Crippen LogP contribution >= 0.6 is 15.9 Å². The molecule has 0 spiro atoms. The molecule has 0 saturated heterocycles. The van der Waals surface area contributed by atoms with E-state index in [0.29, 0.717) is 6.54 Å². The molecule has 3 heteroatoms. The standard InChI is InChI=1S/C18H18BrNO/c1-14-6-8-16(9-7-14)13-20(2)18(21)11-10-15-4-3-5-17(19)12-15/h3-12H,13H2,1-2H3/b11-10+. The summed E-state index contributed by atoms with van der Waals surface area (Å²) in [6.45, 7) is 2.67. The van der Waals surface area contributed by atoms with E-state index in [2.05, 4.69) is 47.1 Å². The van der Waals surface area contributed by atoms with Crippen molar-refractivity contribution in [3.63, 3.8) is 0 Å². The van der Waals surface area contributed by atoms with Crippen molar-refractivity contribution in [3.8, 4) is 0 Å². The molecule has 2 nitrogen and oxygen atoms in total.